The quantitative estimate of drug-likeness (QED) is 0.887. The summed E-state index contributed by atoms with van der Waals surface area (Å²) in [5.41, 5.74) is 0.934. The van der Waals surface area contributed by atoms with Gasteiger partial charge in [0.2, 0.25) is 0 Å². The number of rotatable bonds is 3. The average molecular weight is 244 g/mol. The molecule has 1 aromatic carbocycles. The highest BCUT2D eigenvalue weighted by Gasteiger charge is 2.09. The summed E-state index contributed by atoms with van der Waals surface area (Å²) in [6.07, 6.45) is 3.04. The number of furan rings is 1. The third-order valence-electron chi connectivity index (χ3n) is 2.06. The molecule has 0 bridgehead atoms. The van der Waals surface area contributed by atoms with Crippen LogP contribution in [0.25, 0.3) is 0 Å². The fourth-order valence-electron chi connectivity index (χ4n) is 1.29. The predicted molar refractivity (Wildman–Crippen MR) is 57.4 cm³/mol. The summed E-state index contributed by atoms with van der Waals surface area (Å²) in [4.78, 5) is 0. The van der Waals surface area contributed by atoms with Crippen molar-refractivity contribution in [3.05, 3.63) is 52.9 Å². The Morgan fingerprint density at radius 2 is 2.12 bits per heavy atom. The van der Waals surface area contributed by atoms with Crippen molar-refractivity contribution >= 4 is 17.3 Å². The molecule has 16 heavy (non-hydrogen) atoms. The van der Waals surface area contributed by atoms with Crippen LogP contribution in [0.5, 0.6) is 0 Å². The van der Waals surface area contributed by atoms with Gasteiger partial charge in [-0.25, -0.2) is 8.78 Å². The Morgan fingerprint density at radius 3 is 2.75 bits per heavy atom. The molecular formula is C11H8ClF2NO. The standard InChI is InChI=1S/C11H8ClF2NO/c12-9-3-8(13)4-10(14)11(9)15-5-7-1-2-16-6-7/h1-4,6,15H,5H2. The van der Waals surface area contributed by atoms with Gasteiger partial charge in [0.25, 0.3) is 0 Å². The molecule has 1 heterocycles. The van der Waals surface area contributed by atoms with Gasteiger partial charge in [0.1, 0.15) is 5.82 Å². The lowest BCUT2D eigenvalue weighted by atomic mass is 10.2. The van der Waals surface area contributed by atoms with Gasteiger partial charge in [-0.3, -0.25) is 0 Å². The molecule has 0 aliphatic heterocycles. The first kappa shape index (κ1) is 11.0. The van der Waals surface area contributed by atoms with Crippen molar-refractivity contribution in [3.63, 3.8) is 0 Å². The lowest BCUT2D eigenvalue weighted by Gasteiger charge is -2.08. The van der Waals surface area contributed by atoms with Crippen LogP contribution in [0, 0.1) is 11.6 Å². The van der Waals surface area contributed by atoms with Crippen LogP contribution in [0.4, 0.5) is 14.5 Å². The molecule has 0 unspecified atom stereocenters. The van der Waals surface area contributed by atoms with Crippen LogP contribution in [0.15, 0.2) is 35.1 Å². The first-order chi connectivity index (χ1) is 7.66. The van der Waals surface area contributed by atoms with Gasteiger partial charge >= 0.3 is 0 Å². The zero-order valence-electron chi connectivity index (χ0n) is 8.14. The van der Waals surface area contributed by atoms with Crippen molar-refractivity contribution in [1.29, 1.82) is 0 Å². The fourth-order valence-corrected chi connectivity index (χ4v) is 1.56. The summed E-state index contributed by atoms with van der Waals surface area (Å²) in [5.74, 6) is -1.41. The summed E-state index contributed by atoms with van der Waals surface area (Å²) in [5, 5.41) is 2.79. The Morgan fingerprint density at radius 1 is 1.31 bits per heavy atom. The molecule has 0 spiro atoms. The van der Waals surface area contributed by atoms with Crippen molar-refractivity contribution in [2.24, 2.45) is 0 Å². The molecule has 0 saturated carbocycles. The van der Waals surface area contributed by atoms with E-state index in [1.54, 1.807) is 6.07 Å². The molecule has 1 aromatic heterocycles. The third-order valence-corrected chi connectivity index (χ3v) is 2.35. The highest BCUT2D eigenvalue weighted by atomic mass is 35.5. The maximum absolute atomic E-state index is 13.3. The van der Waals surface area contributed by atoms with E-state index < -0.39 is 11.6 Å². The molecule has 0 aliphatic carbocycles. The van der Waals surface area contributed by atoms with Crippen LogP contribution in [0.3, 0.4) is 0 Å². The monoisotopic (exact) mass is 243 g/mol. The molecule has 2 aromatic rings. The lowest BCUT2D eigenvalue weighted by Crippen LogP contribution is -2.01. The number of anilines is 1. The Bertz CT molecular complexity index is 462. The van der Waals surface area contributed by atoms with E-state index in [0.29, 0.717) is 6.54 Å². The van der Waals surface area contributed by atoms with E-state index >= 15 is 0 Å². The van der Waals surface area contributed by atoms with Crippen molar-refractivity contribution in [2.45, 2.75) is 6.54 Å². The normalized spacial score (nSPS) is 10.4. The summed E-state index contributed by atoms with van der Waals surface area (Å²) < 4.78 is 30.9. The Balaban J connectivity index is 2.15. The second-order valence-corrected chi connectivity index (χ2v) is 3.64. The molecule has 5 heteroatoms. The van der Waals surface area contributed by atoms with Crippen LogP contribution in [0.1, 0.15) is 5.56 Å². The van der Waals surface area contributed by atoms with Gasteiger partial charge in [-0.15, -0.1) is 0 Å². The molecule has 0 atom stereocenters. The van der Waals surface area contributed by atoms with E-state index in [4.69, 9.17) is 16.0 Å². The van der Waals surface area contributed by atoms with Gasteiger partial charge in [-0.05, 0) is 12.1 Å². The molecule has 0 saturated heterocycles. The van der Waals surface area contributed by atoms with E-state index in [1.807, 2.05) is 0 Å². The van der Waals surface area contributed by atoms with Gasteiger partial charge in [0.15, 0.2) is 5.82 Å². The van der Waals surface area contributed by atoms with E-state index in [9.17, 15) is 8.78 Å². The Kier molecular flexibility index (Phi) is 3.10. The van der Waals surface area contributed by atoms with Crippen LogP contribution in [0.2, 0.25) is 5.02 Å². The van der Waals surface area contributed by atoms with E-state index in [1.165, 1.54) is 12.5 Å². The van der Waals surface area contributed by atoms with Crippen molar-refractivity contribution in [2.75, 3.05) is 5.32 Å². The zero-order valence-corrected chi connectivity index (χ0v) is 8.89. The minimum Gasteiger partial charge on any atom is -0.472 e. The zero-order chi connectivity index (χ0) is 11.5. The maximum atomic E-state index is 13.3. The lowest BCUT2D eigenvalue weighted by molar-refractivity contribution is 0.564. The van der Waals surface area contributed by atoms with Crippen LogP contribution >= 0.6 is 11.6 Å². The number of nitrogens with one attached hydrogen (secondary N) is 1. The third kappa shape index (κ3) is 2.33. The van der Waals surface area contributed by atoms with Crippen molar-refractivity contribution < 1.29 is 13.2 Å². The van der Waals surface area contributed by atoms with Crippen molar-refractivity contribution in [1.82, 2.24) is 0 Å². The second-order valence-electron chi connectivity index (χ2n) is 3.23. The van der Waals surface area contributed by atoms with Gasteiger partial charge in [-0.2, -0.15) is 0 Å². The molecule has 2 rings (SSSR count). The molecule has 1 N–H and O–H groups in total. The Labute approximate surface area is 95.8 Å². The smallest absolute Gasteiger partial charge is 0.150 e. The molecule has 84 valence electrons. The predicted octanol–water partition coefficient (Wildman–Crippen LogP) is 3.82. The van der Waals surface area contributed by atoms with E-state index in [2.05, 4.69) is 5.32 Å². The van der Waals surface area contributed by atoms with E-state index in [0.717, 1.165) is 17.7 Å². The summed E-state index contributed by atoms with van der Waals surface area (Å²) in [6, 6.07) is 3.58. The largest absolute Gasteiger partial charge is 0.472 e. The van der Waals surface area contributed by atoms with Crippen molar-refractivity contribution in [3.8, 4) is 0 Å². The molecule has 2 nitrogen and oxygen atoms in total. The van der Waals surface area contributed by atoms with Gasteiger partial charge in [0, 0.05) is 18.2 Å². The Hall–Kier alpha value is -1.55. The minimum atomic E-state index is -0.714. The number of benzene rings is 1. The summed E-state index contributed by atoms with van der Waals surface area (Å²) in [6.45, 7) is 0.360. The van der Waals surface area contributed by atoms with Gasteiger partial charge in [-0.1, -0.05) is 11.6 Å². The van der Waals surface area contributed by atoms with Gasteiger partial charge in [0.05, 0.1) is 23.2 Å². The fraction of sp³-hybridized carbons (Fsp3) is 0.0909. The highest BCUT2D eigenvalue weighted by molar-refractivity contribution is 6.33. The van der Waals surface area contributed by atoms with Crippen LogP contribution in [-0.2, 0) is 6.54 Å². The summed E-state index contributed by atoms with van der Waals surface area (Å²) in [7, 11) is 0. The molecule has 0 aliphatic rings. The maximum Gasteiger partial charge on any atom is 0.150 e. The van der Waals surface area contributed by atoms with E-state index in [-0.39, 0.29) is 10.7 Å². The van der Waals surface area contributed by atoms with Crippen LogP contribution < -0.4 is 5.32 Å². The first-order valence-corrected chi connectivity index (χ1v) is 4.94. The number of hydrogen-bond acceptors (Lipinski definition) is 2. The second kappa shape index (κ2) is 4.53. The summed E-state index contributed by atoms with van der Waals surface area (Å²) >= 11 is 5.71. The first-order valence-electron chi connectivity index (χ1n) is 4.56. The van der Waals surface area contributed by atoms with Gasteiger partial charge < -0.3 is 9.73 Å². The molecule has 0 amide bonds. The highest BCUT2D eigenvalue weighted by Crippen LogP contribution is 2.26. The SMILES string of the molecule is Fc1cc(F)c(NCc2ccoc2)c(Cl)c1. The topological polar surface area (TPSA) is 25.2 Å². The molecular weight excluding hydrogens is 236 g/mol. The minimum absolute atomic E-state index is 0.0148. The van der Waals surface area contributed by atoms with Crippen LogP contribution in [-0.4, -0.2) is 0 Å². The molecule has 0 fully saturated rings. The average Bonchev–Trinajstić information content (AvgIpc) is 2.68. The number of halogens is 3. The molecule has 0 radical (unpaired) electrons. The number of hydrogen-bond donors (Lipinski definition) is 1.